The van der Waals surface area contributed by atoms with Crippen molar-refractivity contribution in [1.82, 2.24) is 35.0 Å². The van der Waals surface area contributed by atoms with Crippen molar-refractivity contribution in [3.63, 3.8) is 0 Å². The first-order valence-corrected chi connectivity index (χ1v) is 25.4. The van der Waals surface area contributed by atoms with Crippen LogP contribution in [0.25, 0.3) is 17.0 Å². The van der Waals surface area contributed by atoms with E-state index in [1.54, 1.807) is 6.92 Å². The fourth-order valence-electron chi connectivity index (χ4n) is 9.89. The maximum absolute atomic E-state index is 14.9. The van der Waals surface area contributed by atoms with Gasteiger partial charge in [0, 0.05) is 50.4 Å². The van der Waals surface area contributed by atoms with Crippen LogP contribution >= 0.6 is 0 Å². The minimum absolute atomic E-state index is 0.0109. The van der Waals surface area contributed by atoms with Crippen LogP contribution in [0, 0.1) is 11.8 Å². The van der Waals surface area contributed by atoms with Gasteiger partial charge in [-0.15, -0.1) is 0 Å². The molecule has 4 amide bonds. The molecule has 17 heteroatoms. The van der Waals surface area contributed by atoms with E-state index in [0.29, 0.717) is 61.4 Å². The first-order chi connectivity index (χ1) is 31.3. The van der Waals surface area contributed by atoms with Gasteiger partial charge in [0.25, 0.3) is 5.91 Å². The molecule has 5 heterocycles. The molecule has 1 aromatic heterocycles. The van der Waals surface area contributed by atoms with Gasteiger partial charge in [-0.05, 0) is 109 Å². The van der Waals surface area contributed by atoms with Crippen LogP contribution in [-0.2, 0) is 29.1 Å². The fourth-order valence-corrected chi connectivity index (χ4v) is 11.2. The summed E-state index contributed by atoms with van der Waals surface area (Å²) in [7, 11) is -1.86. The first-order valence-electron chi connectivity index (χ1n) is 24.0. The number of allylic oxidation sites excluding steroid dienone is 2. The number of amides is 4. The van der Waals surface area contributed by atoms with Crippen LogP contribution in [0.5, 0.6) is 11.6 Å². The van der Waals surface area contributed by atoms with E-state index in [9.17, 15) is 27.6 Å². The first kappa shape index (κ1) is 45.4. The lowest BCUT2D eigenvalue weighted by atomic mass is 10.0. The summed E-state index contributed by atoms with van der Waals surface area (Å²) in [5, 5.41) is 6.67. The highest BCUT2D eigenvalue weighted by Crippen LogP contribution is 2.48. The van der Waals surface area contributed by atoms with Crippen LogP contribution in [0.1, 0.15) is 102 Å². The summed E-state index contributed by atoms with van der Waals surface area (Å²) in [4.78, 5) is 68.4. The van der Waals surface area contributed by atoms with E-state index >= 15 is 0 Å². The molecule has 7 atom stereocenters. The topological polar surface area (TPSA) is 189 Å². The molecule has 352 valence electrons. The third-order valence-corrected chi connectivity index (χ3v) is 16.9. The van der Waals surface area contributed by atoms with Gasteiger partial charge in [0.1, 0.15) is 35.6 Å². The van der Waals surface area contributed by atoms with Gasteiger partial charge >= 0.3 is 6.09 Å². The van der Waals surface area contributed by atoms with Gasteiger partial charge < -0.3 is 39.5 Å². The predicted molar refractivity (Wildman–Crippen MR) is 244 cm³/mol. The normalized spacial score (nSPS) is 31.5. The summed E-state index contributed by atoms with van der Waals surface area (Å²) < 4.78 is 47.3. The lowest BCUT2D eigenvalue weighted by molar-refractivity contribution is -0.141. The van der Waals surface area contributed by atoms with E-state index in [-0.39, 0.29) is 31.4 Å². The average Bonchev–Trinajstić information content (AvgIpc) is 4.24. The Hall–Kier alpha value is -4.74. The van der Waals surface area contributed by atoms with Crippen LogP contribution in [-0.4, -0.2) is 139 Å². The Balaban J connectivity index is 1.04. The Labute approximate surface area is 382 Å². The zero-order valence-corrected chi connectivity index (χ0v) is 38.6. The van der Waals surface area contributed by atoms with Gasteiger partial charge in [0.05, 0.1) is 29.0 Å². The second-order valence-corrected chi connectivity index (χ2v) is 21.9. The number of para-hydroxylation sites is 1. The molecule has 1 aromatic carbocycles. The number of hydrogen-bond acceptors (Lipinski definition) is 12. The van der Waals surface area contributed by atoms with Crippen LogP contribution in [0.4, 0.5) is 4.79 Å². The number of alkyl carbamates (subject to hydrolysis) is 1. The highest BCUT2D eigenvalue weighted by Gasteiger charge is 2.63. The van der Waals surface area contributed by atoms with Crippen molar-refractivity contribution in [3.8, 4) is 11.6 Å². The number of sulfonamides is 1. The van der Waals surface area contributed by atoms with E-state index in [1.165, 1.54) is 4.90 Å². The second kappa shape index (κ2) is 18.9. The molecule has 3 N–H and O–H groups in total. The van der Waals surface area contributed by atoms with Crippen LogP contribution in [0.15, 0.2) is 42.5 Å². The highest BCUT2D eigenvalue weighted by atomic mass is 32.2. The zero-order valence-electron chi connectivity index (χ0n) is 37.8. The molecule has 9 rings (SSSR count). The van der Waals surface area contributed by atoms with E-state index in [2.05, 4.69) is 38.3 Å². The molecule has 4 aliphatic heterocycles. The molecular weight excluding hydrogens is 851 g/mol. The monoisotopic (exact) mass is 915 g/mol. The van der Waals surface area contributed by atoms with Gasteiger partial charge in [-0.2, -0.15) is 0 Å². The SMILES string of the molecule is CN1CCN(CCCOc2c3c(nc4ccccc24)O[C@@H]2C[C@H]4C(=O)N[C@]5(C(=O)NS(=O)(=O)C6(C)CC6)C[C@H]5/C=C\CCCCC[C@H](NC(=O)O[C@@H]5C[C@H]5CCCC=C3)C(=O)N4C2)CC1. The molecule has 5 fully saturated rings. The van der Waals surface area contributed by atoms with E-state index in [1.807, 2.05) is 42.5 Å². The van der Waals surface area contributed by atoms with Crippen LogP contribution in [0.3, 0.4) is 0 Å². The summed E-state index contributed by atoms with van der Waals surface area (Å²) in [5.74, 6) is -1.08. The maximum Gasteiger partial charge on any atom is 0.408 e. The van der Waals surface area contributed by atoms with Crippen molar-refractivity contribution < 1.29 is 41.8 Å². The molecule has 2 saturated heterocycles. The van der Waals surface area contributed by atoms with Gasteiger partial charge in [-0.3, -0.25) is 19.1 Å². The number of piperazine rings is 1. The average molecular weight is 916 g/mol. The molecule has 65 heavy (non-hydrogen) atoms. The summed E-state index contributed by atoms with van der Waals surface area (Å²) in [6.07, 6.45) is 14.9. The van der Waals surface area contributed by atoms with Crippen molar-refractivity contribution in [2.24, 2.45) is 11.8 Å². The van der Waals surface area contributed by atoms with Gasteiger partial charge in [0.2, 0.25) is 27.7 Å². The fraction of sp³-hybridized carbons (Fsp3) is 0.646. The largest absolute Gasteiger partial charge is 0.492 e. The number of nitrogens with zero attached hydrogens (tertiary/aromatic N) is 4. The number of benzene rings is 1. The van der Waals surface area contributed by atoms with Crippen molar-refractivity contribution in [3.05, 3.63) is 48.1 Å². The third-order valence-electron chi connectivity index (χ3n) is 14.7. The summed E-state index contributed by atoms with van der Waals surface area (Å²) in [6.45, 7) is 7.13. The number of likely N-dealkylation sites (N-methyl/N-ethyl adjacent to an activating group) is 1. The van der Waals surface area contributed by atoms with E-state index < -0.39 is 68.2 Å². The molecule has 3 aliphatic carbocycles. The van der Waals surface area contributed by atoms with Gasteiger partial charge in [0.15, 0.2) is 0 Å². The Morgan fingerprint density at radius 1 is 0.985 bits per heavy atom. The minimum Gasteiger partial charge on any atom is -0.492 e. The Morgan fingerprint density at radius 2 is 1.78 bits per heavy atom. The van der Waals surface area contributed by atoms with Gasteiger partial charge in [-0.1, -0.05) is 43.2 Å². The zero-order chi connectivity index (χ0) is 45.3. The Bertz CT molecular complexity index is 2310. The van der Waals surface area contributed by atoms with Crippen LogP contribution in [0.2, 0.25) is 0 Å². The smallest absolute Gasteiger partial charge is 0.408 e. The third kappa shape index (κ3) is 10.2. The lowest BCUT2D eigenvalue weighted by Gasteiger charge is -2.32. The number of hydrogen-bond donors (Lipinski definition) is 3. The molecule has 7 aliphatic rings. The number of pyridine rings is 1. The molecule has 0 spiro atoms. The lowest BCUT2D eigenvalue weighted by Crippen LogP contribution is -2.58. The molecule has 0 unspecified atom stereocenters. The summed E-state index contributed by atoms with van der Waals surface area (Å²) in [5.41, 5.74) is -0.171. The number of fused-ring (bicyclic) bond motifs is 6. The maximum atomic E-state index is 14.9. The van der Waals surface area contributed by atoms with Crippen molar-refractivity contribution in [1.29, 1.82) is 0 Å². The van der Waals surface area contributed by atoms with Crippen molar-refractivity contribution >= 4 is 50.8 Å². The Kier molecular flexibility index (Phi) is 13.2. The number of aromatic nitrogens is 1. The number of carbonyl (C=O) groups excluding carboxylic acids is 4. The quantitative estimate of drug-likeness (QED) is 0.246. The number of nitrogens with one attached hydrogen (secondary N) is 3. The second-order valence-electron chi connectivity index (χ2n) is 19.7. The van der Waals surface area contributed by atoms with Crippen LogP contribution < -0.4 is 24.8 Å². The number of carbonyl (C=O) groups is 4. The predicted octanol–water partition coefficient (Wildman–Crippen LogP) is 4.67. The Morgan fingerprint density at radius 3 is 2.60 bits per heavy atom. The standard InChI is InChI=1S/C48H65N7O9S/c1-47(20-21-47)65(60,61)52-45(58)48-30-33(48)15-8-4-3-5-10-19-38-44(57)55-31-34(29-39(55)42(56)51-48)63-43-36(17-9-6-7-14-32-28-40(32)64-46(59)50-38)41(35-16-11-12-18-37(35)49-43)62-27-13-22-54-25-23-53(2)24-26-54/h8-9,11-12,15-18,32-34,38-40H,3-7,10,13-14,19-31H2,1-2H3,(H,50,59)(H,51,56)(H,52,58)/b15-8-,17-9?/t32-,33-,34-,38+,39+,40-,48-/m1/s1. The summed E-state index contributed by atoms with van der Waals surface area (Å²) >= 11 is 0. The van der Waals surface area contributed by atoms with E-state index in [0.717, 1.165) is 83.1 Å². The molecule has 2 aromatic rings. The molecule has 3 bridgehead atoms. The number of rotatable bonds is 8. The molecule has 0 radical (unpaired) electrons. The molecule has 3 saturated carbocycles. The minimum atomic E-state index is -4.01. The van der Waals surface area contributed by atoms with E-state index in [4.69, 9.17) is 19.2 Å². The van der Waals surface area contributed by atoms with Gasteiger partial charge in [-0.25, -0.2) is 18.2 Å². The summed E-state index contributed by atoms with van der Waals surface area (Å²) in [6, 6.07) is 5.69. The molecule has 16 nitrogen and oxygen atoms in total. The van der Waals surface area contributed by atoms with Crippen molar-refractivity contribution in [2.75, 3.05) is 52.9 Å². The number of ether oxygens (including phenoxy) is 3. The van der Waals surface area contributed by atoms with Crippen molar-refractivity contribution in [2.45, 2.75) is 131 Å². The highest BCUT2D eigenvalue weighted by molar-refractivity contribution is 7.91. The molecular formula is C48H65N7O9S.